The summed E-state index contributed by atoms with van der Waals surface area (Å²) in [6.45, 7) is 4.54. The maximum atomic E-state index is 9.07. The molecule has 0 saturated carbocycles. The van der Waals surface area contributed by atoms with E-state index in [1.54, 1.807) is 11.3 Å². The summed E-state index contributed by atoms with van der Waals surface area (Å²) in [5, 5.41) is 11.1. The zero-order chi connectivity index (χ0) is 8.27. The van der Waals surface area contributed by atoms with Crippen LogP contribution in [0.5, 0.6) is 0 Å². The third kappa shape index (κ3) is 2.04. The second-order valence-corrected chi connectivity index (χ2v) is 4.03. The fourth-order valence-corrected chi connectivity index (χ4v) is 2.12. The largest absolute Gasteiger partial charge is 0.396 e. The van der Waals surface area contributed by atoms with Gasteiger partial charge < -0.3 is 5.11 Å². The molecule has 0 bridgehead atoms. The molecule has 1 N–H and O–H groups in total. The normalized spacial score (nSPS) is 13.8. The van der Waals surface area contributed by atoms with Gasteiger partial charge in [0.15, 0.2) is 0 Å². The lowest BCUT2D eigenvalue weighted by atomic mass is 9.95. The molecule has 62 valence electrons. The van der Waals surface area contributed by atoms with Crippen molar-refractivity contribution in [1.82, 2.24) is 0 Å². The van der Waals surface area contributed by atoms with Crippen LogP contribution in [0.4, 0.5) is 0 Å². The molecule has 0 aliphatic heterocycles. The summed E-state index contributed by atoms with van der Waals surface area (Å²) in [4.78, 5) is 1.29. The molecule has 1 aromatic heterocycles. The van der Waals surface area contributed by atoms with E-state index in [9.17, 15) is 0 Å². The van der Waals surface area contributed by atoms with Gasteiger partial charge in [0.25, 0.3) is 0 Å². The van der Waals surface area contributed by atoms with Crippen LogP contribution in [0, 0.1) is 5.92 Å². The average Bonchev–Trinajstić information content (AvgIpc) is 2.40. The van der Waals surface area contributed by atoms with Gasteiger partial charge in [-0.3, -0.25) is 0 Å². The zero-order valence-electron chi connectivity index (χ0n) is 6.95. The molecule has 1 unspecified atom stereocenters. The van der Waals surface area contributed by atoms with Crippen molar-refractivity contribution in [1.29, 1.82) is 0 Å². The van der Waals surface area contributed by atoms with E-state index in [4.69, 9.17) is 5.11 Å². The molecular formula is C9H14OS. The summed E-state index contributed by atoms with van der Waals surface area (Å²) >= 11 is 1.72. The SMILES string of the molecule is CC(C)C(CO)c1cccs1. The van der Waals surface area contributed by atoms with E-state index < -0.39 is 0 Å². The zero-order valence-corrected chi connectivity index (χ0v) is 7.77. The molecule has 1 heterocycles. The van der Waals surface area contributed by atoms with Crippen molar-refractivity contribution in [3.63, 3.8) is 0 Å². The Hall–Kier alpha value is -0.340. The van der Waals surface area contributed by atoms with Crippen molar-refractivity contribution in [2.75, 3.05) is 6.61 Å². The summed E-state index contributed by atoms with van der Waals surface area (Å²) in [6.07, 6.45) is 0. The van der Waals surface area contributed by atoms with Crippen LogP contribution < -0.4 is 0 Å². The Morgan fingerprint density at radius 2 is 2.27 bits per heavy atom. The lowest BCUT2D eigenvalue weighted by Crippen LogP contribution is -2.09. The summed E-state index contributed by atoms with van der Waals surface area (Å²) in [5.41, 5.74) is 0. The molecule has 0 radical (unpaired) electrons. The second-order valence-electron chi connectivity index (χ2n) is 3.05. The second kappa shape index (κ2) is 3.88. The van der Waals surface area contributed by atoms with Gasteiger partial charge in [-0.25, -0.2) is 0 Å². The van der Waals surface area contributed by atoms with Crippen molar-refractivity contribution in [3.8, 4) is 0 Å². The predicted octanol–water partition coefficient (Wildman–Crippen LogP) is 2.48. The highest BCUT2D eigenvalue weighted by Gasteiger charge is 2.14. The summed E-state index contributed by atoms with van der Waals surface area (Å²) in [5.74, 6) is 0.855. The van der Waals surface area contributed by atoms with Gasteiger partial charge in [0.05, 0.1) is 6.61 Å². The van der Waals surface area contributed by atoms with E-state index in [1.165, 1.54) is 4.88 Å². The highest BCUT2D eigenvalue weighted by molar-refractivity contribution is 7.10. The number of rotatable bonds is 3. The van der Waals surface area contributed by atoms with Gasteiger partial charge in [0, 0.05) is 10.8 Å². The average molecular weight is 170 g/mol. The molecule has 0 fully saturated rings. The Morgan fingerprint density at radius 3 is 2.64 bits per heavy atom. The van der Waals surface area contributed by atoms with Gasteiger partial charge in [0.2, 0.25) is 0 Å². The first-order valence-electron chi connectivity index (χ1n) is 3.90. The third-order valence-electron chi connectivity index (χ3n) is 1.91. The van der Waals surface area contributed by atoms with Crippen LogP contribution in [0.3, 0.4) is 0 Å². The van der Waals surface area contributed by atoms with Crippen LogP contribution in [0.2, 0.25) is 0 Å². The van der Waals surface area contributed by atoms with E-state index in [0.717, 1.165) is 0 Å². The first kappa shape index (κ1) is 8.75. The number of hydrogen-bond donors (Lipinski definition) is 1. The van der Waals surface area contributed by atoms with E-state index in [2.05, 4.69) is 25.3 Å². The molecule has 1 rings (SSSR count). The summed E-state index contributed by atoms with van der Waals surface area (Å²) in [6, 6.07) is 4.12. The highest BCUT2D eigenvalue weighted by Crippen LogP contribution is 2.27. The number of aliphatic hydroxyl groups is 1. The molecule has 2 heteroatoms. The number of hydrogen-bond acceptors (Lipinski definition) is 2. The van der Waals surface area contributed by atoms with Crippen LogP contribution >= 0.6 is 11.3 Å². The fourth-order valence-electron chi connectivity index (χ4n) is 1.13. The van der Waals surface area contributed by atoms with Gasteiger partial charge in [-0.1, -0.05) is 19.9 Å². The van der Waals surface area contributed by atoms with Crippen molar-refractivity contribution in [3.05, 3.63) is 22.4 Å². The van der Waals surface area contributed by atoms with Crippen LogP contribution in [-0.2, 0) is 0 Å². The van der Waals surface area contributed by atoms with Crippen LogP contribution in [-0.4, -0.2) is 11.7 Å². The van der Waals surface area contributed by atoms with Crippen LogP contribution in [0.15, 0.2) is 17.5 Å². The van der Waals surface area contributed by atoms with E-state index in [-0.39, 0.29) is 6.61 Å². The Balaban J connectivity index is 2.71. The maximum Gasteiger partial charge on any atom is 0.0510 e. The molecule has 0 aromatic carbocycles. The molecule has 1 nitrogen and oxygen atoms in total. The van der Waals surface area contributed by atoms with Crippen LogP contribution in [0.1, 0.15) is 24.6 Å². The van der Waals surface area contributed by atoms with Crippen molar-refractivity contribution < 1.29 is 5.11 Å². The minimum absolute atomic E-state index is 0.262. The summed E-state index contributed by atoms with van der Waals surface area (Å²) < 4.78 is 0. The Labute approximate surface area is 71.7 Å². The van der Waals surface area contributed by atoms with Gasteiger partial charge in [-0.05, 0) is 17.4 Å². The molecule has 0 aliphatic carbocycles. The van der Waals surface area contributed by atoms with E-state index in [1.807, 2.05) is 6.07 Å². The maximum absolute atomic E-state index is 9.07. The minimum Gasteiger partial charge on any atom is -0.396 e. The number of thiophene rings is 1. The predicted molar refractivity (Wildman–Crippen MR) is 49.0 cm³/mol. The first-order chi connectivity index (χ1) is 5.25. The topological polar surface area (TPSA) is 20.2 Å². The highest BCUT2D eigenvalue weighted by atomic mass is 32.1. The molecule has 0 spiro atoms. The van der Waals surface area contributed by atoms with Crippen molar-refractivity contribution in [2.45, 2.75) is 19.8 Å². The smallest absolute Gasteiger partial charge is 0.0510 e. The number of aliphatic hydroxyl groups excluding tert-OH is 1. The third-order valence-corrected chi connectivity index (χ3v) is 2.91. The summed E-state index contributed by atoms with van der Waals surface area (Å²) in [7, 11) is 0. The molecule has 0 amide bonds. The molecule has 11 heavy (non-hydrogen) atoms. The lowest BCUT2D eigenvalue weighted by molar-refractivity contribution is 0.239. The lowest BCUT2D eigenvalue weighted by Gasteiger charge is -2.15. The van der Waals surface area contributed by atoms with Gasteiger partial charge in [0.1, 0.15) is 0 Å². The van der Waals surface area contributed by atoms with Gasteiger partial charge in [-0.15, -0.1) is 11.3 Å². The Morgan fingerprint density at radius 1 is 1.55 bits per heavy atom. The van der Waals surface area contributed by atoms with E-state index >= 15 is 0 Å². The van der Waals surface area contributed by atoms with Gasteiger partial charge >= 0.3 is 0 Å². The Kier molecular flexibility index (Phi) is 3.09. The monoisotopic (exact) mass is 170 g/mol. The molecule has 1 aromatic rings. The molecular weight excluding hydrogens is 156 g/mol. The molecule has 0 aliphatic rings. The van der Waals surface area contributed by atoms with Crippen LogP contribution in [0.25, 0.3) is 0 Å². The quantitative estimate of drug-likeness (QED) is 0.739. The van der Waals surface area contributed by atoms with Crippen molar-refractivity contribution >= 4 is 11.3 Å². The minimum atomic E-state index is 0.262. The van der Waals surface area contributed by atoms with E-state index in [0.29, 0.717) is 11.8 Å². The standard InChI is InChI=1S/C9H14OS/c1-7(2)8(6-10)9-4-3-5-11-9/h3-5,7-8,10H,6H2,1-2H3. The fraction of sp³-hybridized carbons (Fsp3) is 0.556. The molecule has 1 atom stereocenters. The molecule has 0 saturated heterocycles. The Bertz CT molecular complexity index is 191. The van der Waals surface area contributed by atoms with Crippen molar-refractivity contribution in [2.24, 2.45) is 5.92 Å². The van der Waals surface area contributed by atoms with Gasteiger partial charge in [-0.2, -0.15) is 0 Å². The first-order valence-corrected chi connectivity index (χ1v) is 4.78.